The topological polar surface area (TPSA) is 29.5 Å². The molecule has 0 aliphatic rings. The Kier molecular flexibility index (Phi) is 7.91. The maximum Gasteiger partial charge on any atom is 0.254 e. The number of carbonyl (C=O) groups excluding carboxylic acids is 1. The monoisotopic (exact) mass is 431 g/mol. The summed E-state index contributed by atoms with van der Waals surface area (Å²) >= 11 is 3.58. The van der Waals surface area contributed by atoms with Crippen LogP contribution in [0, 0.1) is 0 Å². The Bertz CT molecular complexity index is 732. The van der Waals surface area contributed by atoms with Gasteiger partial charge in [-0.3, -0.25) is 4.79 Å². The Morgan fingerprint density at radius 1 is 1.00 bits per heavy atom. The van der Waals surface area contributed by atoms with E-state index in [-0.39, 0.29) is 23.9 Å². The van der Waals surface area contributed by atoms with Gasteiger partial charge in [0.15, 0.2) is 0 Å². The summed E-state index contributed by atoms with van der Waals surface area (Å²) in [6, 6.07) is 16.6. The van der Waals surface area contributed by atoms with Crippen LogP contribution in [0.5, 0.6) is 5.75 Å². The minimum atomic E-state index is 0.0879. The SMILES string of the molecule is COc1cccc(C(CCBr)c2ccc(C(=O)N(C(C)C)C(C)C)cc2)c1. The maximum atomic E-state index is 12.9. The average molecular weight is 432 g/mol. The standard InChI is InChI=1S/C23H30BrNO2/c1-16(2)25(17(3)4)23(26)19-11-9-18(10-12-19)22(13-14-24)20-7-6-8-21(15-20)27-5/h6-12,15-17,22H,13-14H2,1-5H3. The van der Waals surface area contributed by atoms with Crippen molar-refractivity contribution < 1.29 is 9.53 Å². The molecule has 0 bridgehead atoms. The fourth-order valence-electron chi connectivity index (χ4n) is 3.57. The van der Waals surface area contributed by atoms with E-state index >= 15 is 0 Å². The zero-order valence-corrected chi connectivity index (χ0v) is 18.5. The molecular formula is C23H30BrNO2. The lowest BCUT2D eigenvalue weighted by Gasteiger charge is -2.31. The minimum Gasteiger partial charge on any atom is -0.497 e. The summed E-state index contributed by atoms with van der Waals surface area (Å²) in [6.07, 6.45) is 0.977. The lowest BCUT2D eigenvalue weighted by Crippen LogP contribution is -2.42. The van der Waals surface area contributed by atoms with Gasteiger partial charge in [-0.15, -0.1) is 0 Å². The molecular weight excluding hydrogens is 402 g/mol. The van der Waals surface area contributed by atoms with Crippen molar-refractivity contribution in [2.45, 2.75) is 52.1 Å². The number of nitrogens with zero attached hydrogens (tertiary/aromatic N) is 1. The van der Waals surface area contributed by atoms with Crippen molar-refractivity contribution in [2.75, 3.05) is 12.4 Å². The Balaban J connectivity index is 2.31. The van der Waals surface area contributed by atoms with Gasteiger partial charge >= 0.3 is 0 Å². The van der Waals surface area contributed by atoms with Crippen LogP contribution in [0.3, 0.4) is 0 Å². The van der Waals surface area contributed by atoms with Gasteiger partial charge in [0, 0.05) is 28.9 Å². The van der Waals surface area contributed by atoms with Crippen molar-refractivity contribution in [3.8, 4) is 5.75 Å². The number of carbonyl (C=O) groups is 1. The normalized spacial score (nSPS) is 12.3. The first-order valence-corrected chi connectivity index (χ1v) is 10.6. The Morgan fingerprint density at radius 3 is 2.15 bits per heavy atom. The smallest absolute Gasteiger partial charge is 0.254 e. The number of methoxy groups -OCH3 is 1. The zero-order chi connectivity index (χ0) is 20.0. The maximum absolute atomic E-state index is 12.9. The van der Waals surface area contributed by atoms with Crippen LogP contribution in [0.25, 0.3) is 0 Å². The van der Waals surface area contributed by atoms with E-state index in [1.165, 1.54) is 11.1 Å². The van der Waals surface area contributed by atoms with Gasteiger partial charge in [0.25, 0.3) is 5.91 Å². The lowest BCUT2D eigenvalue weighted by molar-refractivity contribution is 0.0643. The molecule has 2 aromatic carbocycles. The molecule has 4 heteroatoms. The van der Waals surface area contributed by atoms with Gasteiger partial charge in [0.05, 0.1) is 7.11 Å². The summed E-state index contributed by atoms with van der Waals surface area (Å²) in [7, 11) is 1.69. The number of alkyl halides is 1. The molecule has 1 atom stereocenters. The molecule has 3 nitrogen and oxygen atoms in total. The minimum absolute atomic E-state index is 0.0879. The van der Waals surface area contributed by atoms with E-state index < -0.39 is 0 Å². The predicted octanol–water partition coefficient (Wildman–Crippen LogP) is 5.87. The van der Waals surface area contributed by atoms with Crippen molar-refractivity contribution in [2.24, 2.45) is 0 Å². The Hall–Kier alpha value is -1.81. The van der Waals surface area contributed by atoms with Crippen molar-refractivity contribution in [3.05, 3.63) is 65.2 Å². The second-order valence-electron chi connectivity index (χ2n) is 7.33. The number of hydrogen-bond acceptors (Lipinski definition) is 2. The first kappa shape index (κ1) is 21.5. The molecule has 0 radical (unpaired) electrons. The fourth-order valence-corrected chi connectivity index (χ4v) is 4.02. The third kappa shape index (κ3) is 5.35. The summed E-state index contributed by atoms with van der Waals surface area (Å²) in [6.45, 7) is 8.23. The molecule has 0 heterocycles. The molecule has 0 N–H and O–H groups in total. The number of ether oxygens (including phenoxy) is 1. The van der Waals surface area contributed by atoms with Gasteiger partial charge in [0.1, 0.15) is 5.75 Å². The zero-order valence-electron chi connectivity index (χ0n) is 16.9. The quantitative estimate of drug-likeness (QED) is 0.488. The molecule has 2 rings (SSSR count). The first-order chi connectivity index (χ1) is 12.9. The highest BCUT2D eigenvalue weighted by Gasteiger charge is 2.22. The average Bonchev–Trinajstić information content (AvgIpc) is 2.65. The number of rotatable bonds is 8. The highest BCUT2D eigenvalue weighted by molar-refractivity contribution is 9.09. The molecule has 0 fully saturated rings. The van der Waals surface area contributed by atoms with Crippen LogP contribution in [-0.2, 0) is 0 Å². The molecule has 0 saturated heterocycles. The van der Waals surface area contributed by atoms with Crippen LogP contribution in [0.4, 0.5) is 0 Å². The third-order valence-corrected chi connectivity index (χ3v) is 5.26. The second-order valence-corrected chi connectivity index (χ2v) is 8.12. The van der Waals surface area contributed by atoms with Gasteiger partial charge in [-0.25, -0.2) is 0 Å². The van der Waals surface area contributed by atoms with E-state index in [1.807, 2.05) is 29.2 Å². The summed E-state index contributed by atoms with van der Waals surface area (Å²) in [5, 5.41) is 0.907. The number of benzene rings is 2. The van der Waals surface area contributed by atoms with Gasteiger partial charge in [0.2, 0.25) is 0 Å². The number of hydrogen-bond donors (Lipinski definition) is 0. The molecule has 1 unspecified atom stereocenters. The molecule has 0 spiro atoms. The molecule has 1 amide bonds. The third-order valence-electron chi connectivity index (χ3n) is 4.80. The fraction of sp³-hybridized carbons (Fsp3) is 0.435. The van der Waals surface area contributed by atoms with Crippen molar-refractivity contribution in [1.82, 2.24) is 4.90 Å². The van der Waals surface area contributed by atoms with E-state index in [0.29, 0.717) is 0 Å². The Labute approximate surface area is 171 Å². The summed E-state index contributed by atoms with van der Waals surface area (Å²) in [4.78, 5) is 14.8. The van der Waals surface area contributed by atoms with Crippen LogP contribution in [0.15, 0.2) is 48.5 Å². The summed E-state index contributed by atoms with van der Waals surface area (Å²) < 4.78 is 5.38. The van der Waals surface area contributed by atoms with Gasteiger partial charge in [-0.1, -0.05) is 40.2 Å². The molecule has 27 heavy (non-hydrogen) atoms. The van der Waals surface area contributed by atoms with E-state index in [2.05, 4.69) is 67.9 Å². The van der Waals surface area contributed by atoms with E-state index in [0.717, 1.165) is 23.1 Å². The van der Waals surface area contributed by atoms with Crippen LogP contribution in [0.2, 0.25) is 0 Å². The van der Waals surface area contributed by atoms with E-state index in [1.54, 1.807) is 7.11 Å². The van der Waals surface area contributed by atoms with Gasteiger partial charge in [-0.2, -0.15) is 0 Å². The molecule has 146 valence electrons. The van der Waals surface area contributed by atoms with Crippen LogP contribution in [-0.4, -0.2) is 35.3 Å². The van der Waals surface area contributed by atoms with Crippen LogP contribution >= 0.6 is 15.9 Å². The molecule has 2 aromatic rings. The molecule has 0 aromatic heterocycles. The number of amides is 1. The van der Waals surface area contributed by atoms with Crippen molar-refractivity contribution >= 4 is 21.8 Å². The summed E-state index contributed by atoms with van der Waals surface area (Å²) in [5.41, 5.74) is 3.17. The van der Waals surface area contributed by atoms with Crippen LogP contribution in [0.1, 0.15) is 61.5 Å². The van der Waals surface area contributed by atoms with Gasteiger partial charge < -0.3 is 9.64 Å². The Morgan fingerprint density at radius 2 is 1.63 bits per heavy atom. The van der Waals surface area contributed by atoms with E-state index in [4.69, 9.17) is 4.74 Å². The predicted molar refractivity (Wildman–Crippen MR) is 116 cm³/mol. The van der Waals surface area contributed by atoms with Gasteiger partial charge in [-0.05, 0) is 69.5 Å². The highest BCUT2D eigenvalue weighted by atomic mass is 79.9. The van der Waals surface area contributed by atoms with E-state index in [9.17, 15) is 4.79 Å². The lowest BCUT2D eigenvalue weighted by atomic mass is 9.88. The number of halogens is 1. The largest absolute Gasteiger partial charge is 0.497 e. The van der Waals surface area contributed by atoms with Crippen molar-refractivity contribution in [1.29, 1.82) is 0 Å². The highest BCUT2D eigenvalue weighted by Crippen LogP contribution is 2.31. The summed E-state index contributed by atoms with van der Waals surface area (Å²) in [5.74, 6) is 1.21. The first-order valence-electron chi connectivity index (χ1n) is 9.51. The molecule has 0 aliphatic heterocycles. The molecule has 0 aliphatic carbocycles. The van der Waals surface area contributed by atoms with Crippen LogP contribution < -0.4 is 4.74 Å². The molecule has 0 saturated carbocycles. The van der Waals surface area contributed by atoms with Crippen molar-refractivity contribution in [3.63, 3.8) is 0 Å². The second kappa shape index (κ2) is 9.93.